The van der Waals surface area contributed by atoms with Crippen LogP contribution in [0.3, 0.4) is 0 Å². The SMILES string of the molecule is CN(Cc1nc2ccccc2n1C[C@H]1CCCN(CCN)C1)[C@H]1CCCc2cccnc21. The van der Waals surface area contributed by atoms with Crippen molar-refractivity contribution < 1.29 is 0 Å². The molecule has 3 heterocycles. The van der Waals surface area contributed by atoms with Gasteiger partial charge >= 0.3 is 0 Å². The fraction of sp³-hybridized carbons (Fsp3) is 0.538. The molecule has 0 unspecified atom stereocenters. The molecule has 2 aliphatic rings. The second-order valence-electron chi connectivity index (χ2n) is 9.60. The number of piperidine rings is 1. The average Bonchev–Trinajstić information content (AvgIpc) is 3.16. The molecule has 1 fully saturated rings. The third kappa shape index (κ3) is 4.45. The Labute approximate surface area is 191 Å². The van der Waals surface area contributed by atoms with Crippen molar-refractivity contribution >= 4 is 11.0 Å². The van der Waals surface area contributed by atoms with E-state index in [1.165, 1.54) is 48.4 Å². The molecule has 2 N–H and O–H groups in total. The summed E-state index contributed by atoms with van der Waals surface area (Å²) >= 11 is 0. The van der Waals surface area contributed by atoms with Gasteiger partial charge < -0.3 is 15.2 Å². The van der Waals surface area contributed by atoms with Crippen molar-refractivity contribution in [3.05, 3.63) is 59.7 Å². The highest BCUT2D eigenvalue weighted by molar-refractivity contribution is 5.75. The van der Waals surface area contributed by atoms with Crippen LogP contribution >= 0.6 is 0 Å². The molecule has 2 atom stereocenters. The number of rotatable bonds is 7. The summed E-state index contributed by atoms with van der Waals surface area (Å²) in [6, 6.07) is 13.3. The standard InChI is InChI=1S/C26H36N6/c1-30(24-12-4-8-21-9-5-14-28-26(21)24)19-25-29-22-10-2-3-11-23(22)32(25)18-20-7-6-15-31(17-20)16-13-27/h2-3,5,9-11,14,20,24H,4,6-8,12-13,15-19,27H2,1H3/t20-,24-/m0/s1. The average molecular weight is 433 g/mol. The Kier molecular flexibility index (Phi) is 6.53. The van der Waals surface area contributed by atoms with Crippen LogP contribution in [-0.2, 0) is 19.5 Å². The smallest absolute Gasteiger partial charge is 0.124 e. The first-order valence-corrected chi connectivity index (χ1v) is 12.2. The predicted molar refractivity (Wildman–Crippen MR) is 129 cm³/mol. The van der Waals surface area contributed by atoms with E-state index in [0.717, 1.165) is 51.1 Å². The Balaban J connectivity index is 1.40. The maximum atomic E-state index is 5.83. The summed E-state index contributed by atoms with van der Waals surface area (Å²) in [5.41, 5.74) is 10.9. The van der Waals surface area contributed by atoms with Gasteiger partial charge in [-0.05, 0) is 75.4 Å². The van der Waals surface area contributed by atoms with Crippen molar-refractivity contribution in [3.8, 4) is 0 Å². The Hall–Kier alpha value is -2.28. The first-order chi connectivity index (χ1) is 15.7. The monoisotopic (exact) mass is 432 g/mol. The summed E-state index contributed by atoms with van der Waals surface area (Å²) in [6.07, 6.45) is 8.02. The van der Waals surface area contributed by atoms with Crippen LogP contribution in [-0.4, -0.2) is 57.6 Å². The van der Waals surface area contributed by atoms with Gasteiger partial charge in [0.2, 0.25) is 0 Å². The quantitative estimate of drug-likeness (QED) is 0.618. The Bertz CT molecular complexity index is 1040. The Morgan fingerprint density at radius 3 is 2.94 bits per heavy atom. The molecule has 0 amide bonds. The number of hydrogen-bond acceptors (Lipinski definition) is 5. The molecular weight excluding hydrogens is 396 g/mol. The van der Waals surface area contributed by atoms with Crippen LogP contribution < -0.4 is 5.73 Å². The molecular formula is C26H36N6. The molecule has 2 aromatic heterocycles. The maximum Gasteiger partial charge on any atom is 0.124 e. The summed E-state index contributed by atoms with van der Waals surface area (Å²) in [6.45, 7) is 5.94. The molecule has 0 bridgehead atoms. The zero-order valence-electron chi connectivity index (χ0n) is 19.3. The fourth-order valence-corrected chi connectivity index (χ4v) is 5.74. The van der Waals surface area contributed by atoms with E-state index in [9.17, 15) is 0 Å². The number of para-hydroxylation sites is 2. The number of hydrogen-bond donors (Lipinski definition) is 1. The zero-order chi connectivity index (χ0) is 21.9. The zero-order valence-corrected chi connectivity index (χ0v) is 19.3. The van der Waals surface area contributed by atoms with Crippen molar-refractivity contribution in [1.29, 1.82) is 0 Å². The molecule has 6 nitrogen and oxygen atoms in total. The summed E-state index contributed by atoms with van der Waals surface area (Å²) < 4.78 is 2.49. The number of fused-ring (bicyclic) bond motifs is 2. The molecule has 1 saturated heterocycles. The Morgan fingerprint density at radius 1 is 1.12 bits per heavy atom. The van der Waals surface area contributed by atoms with Crippen molar-refractivity contribution in [1.82, 2.24) is 24.3 Å². The van der Waals surface area contributed by atoms with Gasteiger partial charge in [0.1, 0.15) is 5.82 Å². The van der Waals surface area contributed by atoms with E-state index >= 15 is 0 Å². The molecule has 1 aromatic carbocycles. The lowest BCUT2D eigenvalue weighted by Gasteiger charge is -2.34. The summed E-state index contributed by atoms with van der Waals surface area (Å²) in [5.74, 6) is 1.82. The van der Waals surface area contributed by atoms with Crippen LogP contribution in [0.15, 0.2) is 42.6 Å². The number of imidazole rings is 1. The topological polar surface area (TPSA) is 63.2 Å². The minimum absolute atomic E-state index is 0.364. The molecule has 1 aliphatic carbocycles. The lowest BCUT2D eigenvalue weighted by Crippen LogP contribution is -2.40. The molecule has 170 valence electrons. The maximum absolute atomic E-state index is 5.83. The van der Waals surface area contributed by atoms with Crippen molar-refractivity contribution in [2.75, 3.05) is 33.2 Å². The van der Waals surface area contributed by atoms with Gasteiger partial charge in [-0.2, -0.15) is 0 Å². The number of benzene rings is 1. The number of aromatic nitrogens is 3. The van der Waals surface area contributed by atoms with Crippen LogP contribution in [0.4, 0.5) is 0 Å². The largest absolute Gasteiger partial charge is 0.329 e. The first-order valence-electron chi connectivity index (χ1n) is 12.2. The van der Waals surface area contributed by atoms with Gasteiger partial charge in [0, 0.05) is 32.4 Å². The summed E-state index contributed by atoms with van der Waals surface area (Å²) in [5, 5.41) is 0. The molecule has 3 aromatic rings. The second-order valence-corrected chi connectivity index (χ2v) is 9.60. The van der Waals surface area contributed by atoms with Crippen LogP contribution in [0.5, 0.6) is 0 Å². The van der Waals surface area contributed by atoms with Gasteiger partial charge in [0.25, 0.3) is 0 Å². The normalized spacial score (nSPS) is 21.8. The molecule has 5 rings (SSSR count). The molecule has 0 saturated carbocycles. The van der Waals surface area contributed by atoms with E-state index < -0.39 is 0 Å². The molecule has 1 aliphatic heterocycles. The summed E-state index contributed by atoms with van der Waals surface area (Å²) in [7, 11) is 2.24. The van der Waals surface area contributed by atoms with Crippen LogP contribution in [0.2, 0.25) is 0 Å². The second kappa shape index (κ2) is 9.69. The number of pyridine rings is 1. The number of aryl methyl sites for hydroxylation is 1. The van der Waals surface area contributed by atoms with Crippen molar-refractivity contribution in [2.45, 2.75) is 51.2 Å². The van der Waals surface area contributed by atoms with Crippen LogP contribution in [0.1, 0.15) is 48.8 Å². The lowest BCUT2D eigenvalue weighted by molar-refractivity contribution is 0.163. The summed E-state index contributed by atoms with van der Waals surface area (Å²) in [4.78, 5) is 14.8. The van der Waals surface area contributed by atoms with Gasteiger partial charge in [-0.25, -0.2) is 4.98 Å². The van der Waals surface area contributed by atoms with E-state index in [0.29, 0.717) is 12.0 Å². The van der Waals surface area contributed by atoms with Crippen LogP contribution in [0.25, 0.3) is 11.0 Å². The van der Waals surface area contributed by atoms with Gasteiger partial charge in [0.15, 0.2) is 0 Å². The van der Waals surface area contributed by atoms with E-state index in [-0.39, 0.29) is 0 Å². The number of nitrogens with zero attached hydrogens (tertiary/aromatic N) is 5. The highest BCUT2D eigenvalue weighted by Crippen LogP contribution is 2.33. The number of nitrogens with two attached hydrogens (primary N) is 1. The number of likely N-dealkylation sites (tertiary alicyclic amines) is 1. The molecule has 0 radical (unpaired) electrons. The molecule has 6 heteroatoms. The van der Waals surface area contributed by atoms with E-state index in [4.69, 9.17) is 15.7 Å². The van der Waals surface area contributed by atoms with E-state index in [1.54, 1.807) is 0 Å². The third-order valence-corrected chi connectivity index (χ3v) is 7.31. The molecule has 32 heavy (non-hydrogen) atoms. The highest BCUT2D eigenvalue weighted by atomic mass is 15.2. The Morgan fingerprint density at radius 2 is 2.03 bits per heavy atom. The van der Waals surface area contributed by atoms with Crippen LogP contribution in [0, 0.1) is 5.92 Å². The third-order valence-electron chi connectivity index (χ3n) is 7.31. The predicted octanol–water partition coefficient (Wildman–Crippen LogP) is 3.61. The first kappa shape index (κ1) is 21.6. The minimum Gasteiger partial charge on any atom is -0.329 e. The minimum atomic E-state index is 0.364. The van der Waals surface area contributed by atoms with Gasteiger partial charge in [-0.1, -0.05) is 18.2 Å². The fourth-order valence-electron chi connectivity index (χ4n) is 5.74. The molecule has 0 spiro atoms. The van der Waals surface area contributed by atoms with Gasteiger partial charge in [0.05, 0.1) is 29.3 Å². The lowest BCUT2D eigenvalue weighted by atomic mass is 9.91. The van der Waals surface area contributed by atoms with E-state index in [2.05, 4.69) is 57.8 Å². The van der Waals surface area contributed by atoms with Gasteiger partial charge in [-0.3, -0.25) is 9.88 Å². The van der Waals surface area contributed by atoms with Crippen molar-refractivity contribution in [3.63, 3.8) is 0 Å². The van der Waals surface area contributed by atoms with E-state index in [1.807, 2.05) is 6.20 Å². The highest BCUT2D eigenvalue weighted by Gasteiger charge is 2.27. The van der Waals surface area contributed by atoms with Crippen molar-refractivity contribution in [2.24, 2.45) is 11.7 Å². The van der Waals surface area contributed by atoms with Gasteiger partial charge in [-0.15, -0.1) is 0 Å².